The molecule has 0 spiro atoms. The number of hydrogen-bond donors (Lipinski definition) is 1. The van der Waals surface area contributed by atoms with E-state index in [2.05, 4.69) is 20.1 Å². The third kappa shape index (κ3) is 5.00. The van der Waals surface area contributed by atoms with Gasteiger partial charge < -0.3 is 24.8 Å². The fraction of sp³-hybridized carbons (Fsp3) is 0.889. The first-order chi connectivity index (χ1) is 11.9. The number of likely N-dealkylation sites (tertiary alicyclic amines) is 1. The number of aliphatic imine (C=N–C) groups is 1. The number of nitrogens with one attached hydrogen (secondary N) is 1. The number of piperazine rings is 1. The van der Waals surface area contributed by atoms with Crippen LogP contribution in [0.2, 0.25) is 0 Å². The third-order valence-corrected chi connectivity index (χ3v) is 5.02. The highest BCUT2D eigenvalue weighted by atomic mass is 16.6. The average Bonchev–Trinajstić information content (AvgIpc) is 2.97. The minimum absolute atomic E-state index is 0.210. The van der Waals surface area contributed by atoms with Gasteiger partial charge in [-0.15, -0.1) is 0 Å². The van der Waals surface area contributed by atoms with E-state index in [4.69, 9.17) is 4.74 Å². The maximum Gasteiger partial charge on any atom is 0.410 e. The van der Waals surface area contributed by atoms with E-state index in [0.29, 0.717) is 13.1 Å². The molecular weight excluding hydrogens is 318 g/mol. The molecule has 1 N–H and O–H groups in total. The minimum atomic E-state index is -0.443. The Morgan fingerprint density at radius 2 is 1.96 bits per heavy atom. The molecule has 0 aliphatic carbocycles. The quantitative estimate of drug-likeness (QED) is 0.832. The van der Waals surface area contributed by atoms with Crippen LogP contribution in [0.4, 0.5) is 4.79 Å². The Kier molecular flexibility index (Phi) is 5.71. The number of rotatable bonds is 3. The molecule has 0 aromatic heterocycles. The van der Waals surface area contributed by atoms with E-state index in [1.165, 1.54) is 32.4 Å². The number of fused-ring (bicyclic) bond motifs is 1. The molecule has 2 saturated heterocycles. The fourth-order valence-corrected chi connectivity index (χ4v) is 3.73. The molecule has 3 rings (SSSR count). The Bertz CT molecular complexity index is 496. The Hall–Kier alpha value is -1.50. The van der Waals surface area contributed by atoms with Crippen LogP contribution in [0, 0.1) is 0 Å². The van der Waals surface area contributed by atoms with E-state index >= 15 is 0 Å². The fourth-order valence-electron chi connectivity index (χ4n) is 3.73. The molecule has 3 heterocycles. The van der Waals surface area contributed by atoms with Crippen LogP contribution in [0.1, 0.15) is 40.0 Å². The smallest absolute Gasteiger partial charge is 0.410 e. The molecule has 25 heavy (non-hydrogen) atoms. The monoisotopic (exact) mass is 351 g/mol. The number of nitrogens with zero attached hydrogens (tertiary/aromatic N) is 4. The number of amides is 1. The van der Waals surface area contributed by atoms with Gasteiger partial charge in [-0.1, -0.05) is 6.42 Å². The van der Waals surface area contributed by atoms with E-state index in [-0.39, 0.29) is 12.1 Å². The Morgan fingerprint density at radius 1 is 1.20 bits per heavy atom. The van der Waals surface area contributed by atoms with Crippen molar-refractivity contribution >= 4 is 12.1 Å². The lowest BCUT2D eigenvalue weighted by Crippen LogP contribution is -2.58. The Morgan fingerprint density at radius 3 is 2.68 bits per heavy atom. The summed E-state index contributed by atoms with van der Waals surface area (Å²) >= 11 is 0. The highest BCUT2D eigenvalue weighted by Crippen LogP contribution is 2.18. The SMILES string of the molecule is CC(C)(C)OC(=O)N1CCN2C(NCCN3CCCCC3)=NCC2C1. The minimum Gasteiger partial charge on any atom is -0.444 e. The maximum absolute atomic E-state index is 12.3. The predicted octanol–water partition coefficient (Wildman–Crippen LogP) is 1.35. The summed E-state index contributed by atoms with van der Waals surface area (Å²) < 4.78 is 5.49. The maximum atomic E-state index is 12.3. The summed E-state index contributed by atoms with van der Waals surface area (Å²) in [4.78, 5) is 23.6. The van der Waals surface area contributed by atoms with Gasteiger partial charge in [0, 0.05) is 32.7 Å². The topological polar surface area (TPSA) is 60.4 Å². The van der Waals surface area contributed by atoms with E-state index in [1.54, 1.807) is 0 Å². The van der Waals surface area contributed by atoms with Crippen molar-refractivity contribution in [3.8, 4) is 0 Å². The standard InChI is InChI=1S/C18H33N5O2/c1-18(2,3)25-17(24)22-11-12-23-15(14-22)13-20-16(23)19-7-10-21-8-5-4-6-9-21/h15H,4-14H2,1-3H3,(H,19,20). The number of carbonyl (C=O) groups excluding carboxylic acids is 1. The largest absolute Gasteiger partial charge is 0.444 e. The summed E-state index contributed by atoms with van der Waals surface area (Å²) in [5.41, 5.74) is -0.443. The van der Waals surface area contributed by atoms with Crippen molar-refractivity contribution in [1.29, 1.82) is 0 Å². The zero-order valence-electron chi connectivity index (χ0n) is 16.0. The summed E-state index contributed by atoms with van der Waals surface area (Å²) in [6.45, 7) is 13.2. The van der Waals surface area contributed by atoms with Crippen molar-refractivity contribution in [2.45, 2.75) is 51.7 Å². The highest BCUT2D eigenvalue weighted by molar-refractivity contribution is 5.82. The number of ether oxygens (including phenoxy) is 1. The third-order valence-electron chi connectivity index (χ3n) is 5.02. The van der Waals surface area contributed by atoms with Crippen LogP contribution >= 0.6 is 0 Å². The molecule has 1 unspecified atom stereocenters. The molecule has 142 valence electrons. The zero-order chi connectivity index (χ0) is 17.9. The molecule has 3 aliphatic heterocycles. The zero-order valence-corrected chi connectivity index (χ0v) is 16.0. The van der Waals surface area contributed by atoms with E-state index < -0.39 is 5.60 Å². The molecule has 1 atom stereocenters. The summed E-state index contributed by atoms with van der Waals surface area (Å²) in [5.74, 6) is 1.01. The number of hydrogen-bond acceptors (Lipinski definition) is 6. The van der Waals surface area contributed by atoms with Gasteiger partial charge in [-0.25, -0.2) is 4.79 Å². The van der Waals surface area contributed by atoms with Gasteiger partial charge >= 0.3 is 6.09 Å². The van der Waals surface area contributed by atoms with Gasteiger partial charge in [0.1, 0.15) is 5.60 Å². The van der Waals surface area contributed by atoms with Crippen LogP contribution in [-0.2, 0) is 4.74 Å². The van der Waals surface area contributed by atoms with E-state index in [9.17, 15) is 4.79 Å². The molecule has 0 aromatic rings. The molecule has 2 fully saturated rings. The van der Waals surface area contributed by atoms with Gasteiger partial charge in [-0.3, -0.25) is 4.99 Å². The summed E-state index contributed by atoms with van der Waals surface area (Å²) in [6, 6.07) is 0.277. The summed E-state index contributed by atoms with van der Waals surface area (Å²) in [7, 11) is 0. The van der Waals surface area contributed by atoms with Crippen molar-refractivity contribution in [2.75, 3.05) is 52.4 Å². The lowest BCUT2D eigenvalue weighted by molar-refractivity contribution is 0.0137. The van der Waals surface area contributed by atoms with Gasteiger partial charge in [0.05, 0.1) is 12.6 Å². The molecule has 0 aromatic carbocycles. The first-order valence-corrected chi connectivity index (χ1v) is 9.68. The number of guanidine groups is 1. The van der Waals surface area contributed by atoms with Crippen molar-refractivity contribution in [2.24, 2.45) is 4.99 Å². The highest BCUT2D eigenvalue weighted by Gasteiger charge is 2.36. The second-order valence-corrected chi connectivity index (χ2v) is 8.27. The molecule has 0 bridgehead atoms. The van der Waals surface area contributed by atoms with E-state index in [0.717, 1.165) is 32.1 Å². The van der Waals surface area contributed by atoms with Crippen LogP contribution in [0.5, 0.6) is 0 Å². The average molecular weight is 351 g/mol. The molecule has 3 aliphatic rings. The van der Waals surface area contributed by atoms with Gasteiger partial charge in [-0.2, -0.15) is 0 Å². The van der Waals surface area contributed by atoms with Gasteiger partial charge in [0.2, 0.25) is 0 Å². The Balaban J connectivity index is 1.42. The first kappa shape index (κ1) is 18.3. The van der Waals surface area contributed by atoms with Crippen molar-refractivity contribution in [3.05, 3.63) is 0 Å². The lowest BCUT2D eigenvalue weighted by atomic mass is 10.1. The van der Waals surface area contributed by atoms with Gasteiger partial charge in [-0.05, 0) is 46.7 Å². The van der Waals surface area contributed by atoms with Crippen LogP contribution < -0.4 is 5.32 Å². The second kappa shape index (κ2) is 7.81. The van der Waals surface area contributed by atoms with Crippen molar-refractivity contribution in [3.63, 3.8) is 0 Å². The van der Waals surface area contributed by atoms with Gasteiger partial charge in [0.15, 0.2) is 5.96 Å². The normalized spacial score (nSPS) is 24.8. The molecule has 7 heteroatoms. The number of carbonyl (C=O) groups is 1. The number of piperidine rings is 1. The van der Waals surface area contributed by atoms with Crippen molar-refractivity contribution < 1.29 is 9.53 Å². The van der Waals surface area contributed by atoms with Crippen LogP contribution in [0.15, 0.2) is 4.99 Å². The first-order valence-electron chi connectivity index (χ1n) is 9.68. The van der Waals surface area contributed by atoms with Crippen molar-refractivity contribution in [1.82, 2.24) is 20.0 Å². The molecule has 0 saturated carbocycles. The summed E-state index contributed by atoms with van der Waals surface area (Å²) in [5, 5.41) is 3.51. The molecule has 1 amide bonds. The van der Waals surface area contributed by atoms with Crippen LogP contribution in [-0.4, -0.2) is 90.8 Å². The Labute approximate surface area is 151 Å². The van der Waals surface area contributed by atoms with Gasteiger partial charge in [0.25, 0.3) is 0 Å². The molecule has 0 radical (unpaired) electrons. The van der Waals surface area contributed by atoms with Crippen LogP contribution in [0.3, 0.4) is 0 Å². The summed E-state index contributed by atoms with van der Waals surface area (Å²) in [6.07, 6.45) is 3.82. The van der Waals surface area contributed by atoms with Crippen LogP contribution in [0.25, 0.3) is 0 Å². The van der Waals surface area contributed by atoms with E-state index in [1.807, 2.05) is 25.7 Å². The predicted molar refractivity (Wildman–Crippen MR) is 98.9 cm³/mol. The molecule has 7 nitrogen and oxygen atoms in total. The lowest BCUT2D eigenvalue weighted by Gasteiger charge is -2.39. The second-order valence-electron chi connectivity index (χ2n) is 8.27. The molecular formula is C18H33N5O2.